The van der Waals surface area contributed by atoms with Crippen molar-refractivity contribution >= 4 is 45.4 Å². The number of hydrogen-bond acceptors (Lipinski definition) is 7. The van der Waals surface area contributed by atoms with E-state index in [0.29, 0.717) is 34.3 Å². The van der Waals surface area contributed by atoms with Gasteiger partial charge in [-0.1, -0.05) is 37.1 Å². The number of sulfonamides is 1. The fourth-order valence-electron chi connectivity index (χ4n) is 3.62. The number of benzene rings is 4. The van der Waals surface area contributed by atoms with E-state index < -0.39 is 21.9 Å². The molecule has 4 aromatic carbocycles. The predicted molar refractivity (Wildman–Crippen MR) is 162 cm³/mol. The second-order valence-corrected chi connectivity index (χ2v) is 11.1. The van der Waals surface area contributed by atoms with E-state index in [9.17, 15) is 18.0 Å². The second kappa shape index (κ2) is 14.3. The summed E-state index contributed by atoms with van der Waals surface area (Å²) in [5.74, 6) is -0.0908. The highest BCUT2D eigenvalue weighted by atomic mass is 35.5. The van der Waals surface area contributed by atoms with Gasteiger partial charge in [0.1, 0.15) is 11.5 Å². The fourth-order valence-corrected chi connectivity index (χ4v) is 4.83. The molecule has 0 aliphatic rings. The standard InChI is InChI=1S/C31H28ClN3O6S/c1-2-3-20-40-25-16-10-23(11-17-25)31(37)41-26-14-8-22(9-15-26)21-33-34-30(36)28-6-4-5-7-29(28)35-42(38,39)27-18-12-24(32)13-19-27/h4-19,21,35H,2-3,20H2,1H3,(H,34,36)/b33-21+. The lowest BCUT2D eigenvalue weighted by atomic mass is 10.2. The van der Waals surface area contributed by atoms with Gasteiger partial charge in [-0.25, -0.2) is 18.6 Å². The fraction of sp³-hybridized carbons (Fsp3) is 0.129. The summed E-state index contributed by atoms with van der Waals surface area (Å²) in [5.41, 5.74) is 3.57. The van der Waals surface area contributed by atoms with E-state index in [4.69, 9.17) is 21.1 Å². The maximum absolute atomic E-state index is 12.8. The van der Waals surface area contributed by atoms with E-state index in [2.05, 4.69) is 22.2 Å². The molecule has 42 heavy (non-hydrogen) atoms. The van der Waals surface area contributed by atoms with Crippen LogP contribution in [0.3, 0.4) is 0 Å². The van der Waals surface area contributed by atoms with Crippen molar-refractivity contribution in [2.75, 3.05) is 11.3 Å². The number of amides is 1. The second-order valence-electron chi connectivity index (χ2n) is 8.99. The van der Waals surface area contributed by atoms with Crippen LogP contribution in [0.2, 0.25) is 5.02 Å². The van der Waals surface area contributed by atoms with Crippen molar-refractivity contribution in [3.8, 4) is 11.5 Å². The van der Waals surface area contributed by atoms with Gasteiger partial charge in [-0.05, 0) is 96.9 Å². The molecular formula is C31H28ClN3O6S. The van der Waals surface area contributed by atoms with Gasteiger partial charge < -0.3 is 9.47 Å². The quantitative estimate of drug-likeness (QED) is 0.0642. The molecule has 0 saturated carbocycles. The van der Waals surface area contributed by atoms with E-state index >= 15 is 0 Å². The SMILES string of the molecule is CCCCOc1ccc(C(=O)Oc2ccc(/C=N/NC(=O)c3ccccc3NS(=O)(=O)c3ccc(Cl)cc3)cc2)cc1. The van der Waals surface area contributed by atoms with Crippen molar-refractivity contribution in [2.45, 2.75) is 24.7 Å². The molecule has 216 valence electrons. The highest BCUT2D eigenvalue weighted by Gasteiger charge is 2.18. The van der Waals surface area contributed by atoms with Gasteiger partial charge in [-0.2, -0.15) is 5.10 Å². The molecule has 11 heteroatoms. The Morgan fingerprint density at radius 3 is 2.24 bits per heavy atom. The van der Waals surface area contributed by atoms with Gasteiger partial charge in [0.25, 0.3) is 15.9 Å². The molecule has 0 fully saturated rings. The summed E-state index contributed by atoms with van der Waals surface area (Å²) in [6, 6.07) is 25.1. The van der Waals surface area contributed by atoms with Crippen LogP contribution < -0.4 is 19.6 Å². The average molecular weight is 606 g/mol. The van der Waals surface area contributed by atoms with Crippen LogP contribution in [0, 0.1) is 0 Å². The average Bonchev–Trinajstić information content (AvgIpc) is 2.99. The predicted octanol–water partition coefficient (Wildman–Crippen LogP) is 6.30. The molecule has 0 aromatic heterocycles. The smallest absolute Gasteiger partial charge is 0.343 e. The van der Waals surface area contributed by atoms with Crippen molar-refractivity contribution < 1.29 is 27.5 Å². The van der Waals surface area contributed by atoms with Crippen molar-refractivity contribution in [1.29, 1.82) is 0 Å². The highest BCUT2D eigenvalue weighted by Crippen LogP contribution is 2.22. The van der Waals surface area contributed by atoms with Gasteiger partial charge in [0.05, 0.1) is 34.5 Å². The van der Waals surface area contributed by atoms with Crippen LogP contribution in [0.15, 0.2) is 107 Å². The van der Waals surface area contributed by atoms with Crippen molar-refractivity contribution in [2.24, 2.45) is 5.10 Å². The molecule has 9 nitrogen and oxygen atoms in total. The number of halogens is 1. The molecule has 0 unspecified atom stereocenters. The first-order valence-electron chi connectivity index (χ1n) is 13.0. The van der Waals surface area contributed by atoms with Crippen molar-refractivity contribution in [1.82, 2.24) is 5.43 Å². The lowest BCUT2D eigenvalue weighted by Gasteiger charge is -2.11. The third kappa shape index (κ3) is 8.42. The number of nitrogens with zero attached hydrogens (tertiary/aromatic N) is 1. The highest BCUT2D eigenvalue weighted by molar-refractivity contribution is 7.92. The van der Waals surface area contributed by atoms with E-state index in [0.717, 1.165) is 12.8 Å². The van der Waals surface area contributed by atoms with Gasteiger partial charge in [0, 0.05) is 5.02 Å². The zero-order valence-electron chi connectivity index (χ0n) is 22.6. The summed E-state index contributed by atoms with van der Waals surface area (Å²) in [6.45, 7) is 2.71. The van der Waals surface area contributed by atoms with Crippen molar-refractivity contribution in [3.05, 3.63) is 119 Å². The zero-order valence-corrected chi connectivity index (χ0v) is 24.2. The summed E-state index contributed by atoms with van der Waals surface area (Å²) in [5, 5.41) is 4.36. The van der Waals surface area contributed by atoms with Crippen LogP contribution in [-0.2, 0) is 10.0 Å². The van der Waals surface area contributed by atoms with Crippen LogP contribution in [0.25, 0.3) is 0 Å². The van der Waals surface area contributed by atoms with Crippen LogP contribution in [0.1, 0.15) is 46.0 Å². The maximum atomic E-state index is 12.8. The molecule has 4 aromatic rings. The number of para-hydroxylation sites is 1. The molecule has 0 aliphatic carbocycles. The lowest BCUT2D eigenvalue weighted by Crippen LogP contribution is -2.21. The lowest BCUT2D eigenvalue weighted by molar-refractivity contribution is 0.0734. The summed E-state index contributed by atoms with van der Waals surface area (Å²) in [6.07, 6.45) is 3.40. The first-order valence-corrected chi connectivity index (χ1v) is 14.9. The van der Waals surface area contributed by atoms with Gasteiger partial charge in [-0.15, -0.1) is 0 Å². The van der Waals surface area contributed by atoms with E-state index in [-0.39, 0.29) is 16.1 Å². The molecule has 2 N–H and O–H groups in total. The molecule has 4 rings (SSSR count). The molecular weight excluding hydrogens is 578 g/mol. The van der Waals surface area contributed by atoms with Crippen LogP contribution in [-0.4, -0.2) is 33.1 Å². The number of carbonyl (C=O) groups excluding carboxylic acids is 2. The normalized spacial score (nSPS) is 11.2. The first-order chi connectivity index (χ1) is 20.2. The maximum Gasteiger partial charge on any atom is 0.343 e. The molecule has 0 aliphatic heterocycles. The Kier molecular flexibility index (Phi) is 10.3. The summed E-state index contributed by atoms with van der Waals surface area (Å²) in [7, 11) is -3.96. The third-order valence-corrected chi connectivity index (χ3v) is 7.50. The van der Waals surface area contributed by atoms with Gasteiger partial charge in [-0.3, -0.25) is 9.52 Å². The molecule has 0 saturated heterocycles. The third-order valence-electron chi connectivity index (χ3n) is 5.87. The number of ether oxygens (including phenoxy) is 2. The Bertz CT molecular complexity index is 1660. The minimum absolute atomic E-state index is 0.000399. The van der Waals surface area contributed by atoms with Gasteiger partial charge in [0.2, 0.25) is 0 Å². The van der Waals surface area contributed by atoms with Gasteiger partial charge >= 0.3 is 5.97 Å². The van der Waals surface area contributed by atoms with E-state index in [1.165, 1.54) is 42.6 Å². The van der Waals surface area contributed by atoms with Crippen LogP contribution >= 0.6 is 11.6 Å². The first kappa shape index (κ1) is 30.3. The minimum atomic E-state index is -3.96. The number of carbonyl (C=O) groups is 2. The molecule has 1 amide bonds. The molecule has 0 spiro atoms. The summed E-state index contributed by atoms with van der Waals surface area (Å²) in [4.78, 5) is 25.3. The van der Waals surface area contributed by atoms with Crippen LogP contribution in [0.5, 0.6) is 11.5 Å². The molecule has 0 radical (unpaired) electrons. The molecule has 0 bridgehead atoms. The summed E-state index contributed by atoms with van der Waals surface area (Å²) >= 11 is 5.85. The monoisotopic (exact) mass is 605 g/mol. The summed E-state index contributed by atoms with van der Waals surface area (Å²) < 4.78 is 39.0. The Morgan fingerprint density at radius 1 is 0.881 bits per heavy atom. The number of esters is 1. The van der Waals surface area contributed by atoms with E-state index in [1.54, 1.807) is 60.7 Å². The Morgan fingerprint density at radius 2 is 1.55 bits per heavy atom. The largest absolute Gasteiger partial charge is 0.494 e. The zero-order chi connectivity index (χ0) is 30.0. The van der Waals surface area contributed by atoms with E-state index in [1.807, 2.05) is 0 Å². The Hall–Kier alpha value is -4.67. The Balaban J connectivity index is 1.33. The number of hydrogen-bond donors (Lipinski definition) is 2. The Labute approximate surface area is 249 Å². The number of unbranched alkanes of at least 4 members (excludes halogenated alkanes) is 1. The minimum Gasteiger partial charge on any atom is -0.494 e. The van der Waals surface area contributed by atoms with Crippen molar-refractivity contribution in [3.63, 3.8) is 0 Å². The molecule has 0 heterocycles. The number of rotatable bonds is 12. The number of nitrogens with one attached hydrogen (secondary N) is 2. The van der Waals surface area contributed by atoms with Crippen LogP contribution in [0.4, 0.5) is 5.69 Å². The van der Waals surface area contributed by atoms with Gasteiger partial charge in [0.15, 0.2) is 0 Å². The number of anilines is 1. The topological polar surface area (TPSA) is 123 Å². The molecule has 0 atom stereocenters. The number of hydrazone groups is 1.